The zero-order valence-corrected chi connectivity index (χ0v) is 28.7. The Morgan fingerprint density at radius 3 is 2.21 bits per heavy atom. The molecule has 12 nitrogen and oxygen atoms in total. The zero-order chi connectivity index (χ0) is 34.2. The van der Waals surface area contributed by atoms with Gasteiger partial charge in [-0.3, -0.25) is 4.90 Å². The molecule has 2 aliphatic heterocycles. The SMILES string of the molecule is Cc1c(-c2ccc3cnc(Nc4ccc(N5CCN(C(=O)OC(C)(C)C)CC5)cc4)nc3c2)cnc2c1N(C(=O)OC(C)(C)C)CCO2. The first kappa shape index (κ1) is 32.8. The molecule has 48 heavy (non-hydrogen) atoms. The van der Waals surface area contributed by atoms with Gasteiger partial charge in [-0.25, -0.2) is 24.5 Å². The van der Waals surface area contributed by atoms with Gasteiger partial charge in [0.2, 0.25) is 11.8 Å². The van der Waals surface area contributed by atoms with Crippen LogP contribution in [-0.2, 0) is 9.47 Å². The Bertz CT molecular complexity index is 1820. The number of amides is 2. The Morgan fingerprint density at radius 1 is 0.833 bits per heavy atom. The maximum atomic E-state index is 13.1. The molecule has 0 spiro atoms. The van der Waals surface area contributed by atoms with Crippen molar-refractivity contribution in [3.8, 4) is 17.0 Å². The Hall–Kier alpha value is -5.13. The first-order chi connectivity index (χ1) is 22.7. The summed E-state index contributed by atoms with van der Waals surface area (Å²) >= 11 is 0. The molecule has 1 saturated heterocycles. The first-order valence-corrected chi connectivity index (χ1v) is 16.2. The summed E-state index contributed by atoms with van der Waals surface area (Å²) in [5.41, 5.74) is 4.83. The van der Waals surface area contributed by atoms with Gasteiger partial charge in [0.05, 0.1) is 12.1 Å². The predicted molar refractivity (Wildman–Crippen MR) is 186 cm³/mol. The van der Waals surface area contributed by atoms with E-state index in [0.717, 1.165) is 52.1 Å². The summed E-state index contributed by atoms with van der Waals surface area (Å²) in [7, 11) is 0. The van der Waals surface area contributed by atoms with Crippen molar-refractivity contribution in [2.75, 3.05) is 54.4 Å². The van der Waals surface area contributed by atoms with Crippen molar-refractivity contribution in [3.05, 3.63) is 60.4 Å². The number of benzene rings is 2. The maximum Gasteiger partial charge on any atom is 0.415 e. The standard InChI is InChI=1S/C36H43N7O5/c1-23-28(22-37-31-30(23)43(18-19-46-31)34(45)48-36(5,6)7)24-8-9-25-21-38-32(40-29(25)20-24)39-26-10-12-27(13-11-26)41-14-16-42(17-15-41)33(44)47-35(2,3)4/h8-13,20-22H,14-19H2,1-7H3,(H,38,39,40). The average molecular weight is 654 g/mol. The summed E-state index contributed by atoms with van der Waals surface area (Å²) in [5.74, 6) is 0.889. The van der Waals surface area contributed by atoms with E-state index in [0.29, 0.717) is 43.8 Å². The number of carbonyl (C=O) groups is 2. The number of aromatic nitrogens is 3. The second-order valence-electron chi connectivity index (χ2n) is 14.0. The van der Waals surface area contributed by atoms with E-state index in [9.17, 15) is 9.59 Å². The smallest absolute Gasteiger partial charge is 0.415 e. The highest BCUT2D eigenvalue weighted by Crippen LogP contribution is 2.39. The van der Waals surface area contributed by atoms with Crippen LogP contribution in [0, 0.1) is 6.92 Å². The van der Waals surface area contributed by atoms with E-state index in [4.69, 9.17) is 19.2 Å². The number of hydrogen-bond donors (Lipinski definition) is 1. The van der Waals surface area contributed by atoms with Gasteiger partial charge in [0.15, 0.2) is 0 Å². The molecule has 2 amide bonds. The van der Waals surface area contributed by atoms with Gasteiger partial charge >= 0.3 is 12.2 Å². The van der Waals surface area contributed by atoms with Crippen molar-refractivity contribution in [1.82, 2.24) is 19.9 Å². The number of ether oxygens (including phenoxy) is 3. The normalized spacial score (nSPS) is 15.1. The Morgan fingerprint density at radius 2 is 1.52 bits per heavy atom. The molecule has 1 N–H and O–H groups in total. The molecule has 2 aliphatic rings. The number of piperazine rings is 1. The average Bonchev–Trinajstić information content (AvgIpc) is 3.03. The molecule has 0 bridgehead atoms. The predicted octanol–water partition coefficient (Wildman–Crippen LogP) is 6.93. The summed E-state index contributed by atoms with van der Waals surface area (Å²) in [6.07, 6.45) is 2.87. The summed E-state index contributed by atoms with van der Waals surface area (Å²) < 4.78 is 17.0. The summed E-state index contributed by atoms with van der Waals surface area (Å²) in [6.45, 7) is 16.5. The van der Waals surface area contributed by atoms with Crippen molar-refractivity contribution >= 4 is 46.1 Å². The third kappa shape index (κ3) is 7.37. The lowest BCUT2D eigenvalue weighted by atomic mass is 9.99. The quantitative estimate of drug-likeness (QED) is 0.248. The van der Waals surface area contributed by atoms with Gasteiger partial charge < -0.3 is 29.3 Å². The lowest BCUT2D eigenvalue weighted by Gasteiger charge is -2.36. The van der Waals surface area contributed by atoms with Crippen LogP contribution < -0.4 is 19.9 Å². The van der Waals surface area contributed by atoms with Gasteiger partial charge in [-0.2, -0.15) is 0 Å². The van der Waals surface area contributed by atoms with Gasteiger partial charge in [0.25, 0.3) is 0 Å². The molecule has 2 aromatic heterocycles. The number of rotatable bonds is 4. The van der Waals surface area contributed by atoms with E-state index in [1.54, 1.807) is 22.2 Å². The van der Waals surface area contributed by atoms with Crippen molar-refractivity contribution < 1.29 is 23.8 Å². The first-order valence-electron chi connectivity index (χ1n) is 16.2. The molecule has 0 atom stereocenters. The van der Waals surface area contributed by atoms with Gasteiger partial charge in [0, 0.05) is 60.9 Å². The second-order valence-corrected chi connectivity index (χ2v) is 14.0. The topological polar surface area (TPSA) is 122 Å². The molecule has 1 fully saturated rings. The molecular weight excluding hydrogens is 610 g/mol. The van der Waals surface area contributed by atoms with E-state index < -0.39 is 17.3 Å². The Kier molecular flexibility index (Phi) is 8.76. The van der Waals surface area contributed by atoms with Crippen LogP contribution in [0.3, 0.4) is 0 Å². The molecule has 0 saturated carbocycles. The summed E-state index contributed by atoms with van der Waals surface area (Å²) in [4.78, 5) is 45.0. The fraction of sp³-hybridized carbons (Fsp3) is 0.417. The number of pyridine rings is 1. The van der Waals surface area contributed by atoms with Crippen molar-refractivity contribution in [1.29, 1.82) is 0 Å². The van der Waals surface area contributed by atoms with Gasteiger partial charge in [0.1, 0.15) is 23.5 Å². The minimum absolute atomic E-state index is 0.266. The Balaban J connectivity index is 1.16. The molecule has 252 valence electrons. The highest BCUT2D eigenvalue weighted by Gasteiger charge is 2.32. The molecule has 4 aromatic rings. The molecule has 4 heterocycles. The van der Waals surface area contributed by atoms with Crippen LogP contribution in [-0.4, -0.2) is 82.6 Å². The molecule has 0 unspecified atom stereocenters. The lowest BCUT2D eigenvalue weighted by molar-refractivity contribution is 0.0240. The summed E-state index contributed by atoms with van der Waals surface area (Å²) in [5, 5.41) is 4.22. The fourth-order valence-corrected chi connectivity index (χ4v) is 5.74. The number of nitrogens with zero attached hydrogens (tertiary/aromatic N) is 6. The van der Waals surface area contributed by atoms with E-state index in [1.165, 1.54) is 0 Å². The molecule has 12 heteroatoms. The molecule has 2 aromatic carbocycles. The highest BCUT2D eigenvalue weighted by atomic mass is 16.6. The van der Waals surface area contributed by atoms with Crippen LogP contribution in [0.25, 0.3) is 22.0 Å². The Labute approximate surface area is 281 Å². The second kappa shape index (κ2) is 12.8. The molecule has 6 rings (SSSR count). The summed E-state index contributed by atoms with van der Waals surface area (Å²) in [6, 6.07) is 14.1. The minimum atomic E-state index is -0.624. The van der Waals surface area contributed by atoms with E-state index in [1.807, 2.05) is 78.8 Å². The fourth-order valence-electron chi connectivity index (χ4n) is 5.74. The van der Waals surface area contributed by atoms with E-state index in [2.05, 4.69) is 32.3 Å². The van der Waals surface area contributed by atoms with Crippen LogP contribution in [0.5, 0.6) is 5.88 Å². The van der Waals surface area contributed by atoms with E-state index in [-0.39, 0.29) is 6.09 Å². The maximum absolute atomic E-state index is 13.1. The zero-order valence-electron chi connectivity index (χ0n) is 28.7. The van der Waals surface area contributed by atoms with Crippen molar-refractivity contribution in [2.45, 2.75) is 59.7 Å². The van der Waals surface area contributed by atoms with E-state index >= 15 is 0 Å². The number of carbonyl (C=O) groups excluding carboxylic acids is 2. The van der Waals surface area contributed by atoms with Crippen molar-refractivity contribution in [2.24, 2.45) is 0 Å². The van der Waals surface area contributed by atoms with Gasteiger partial charge in [-0.15, -0.1) is 0 Å². The number of hydrogen-bond acceptors (Lipinski definition) is 10. The number of anilines is 4. The number of fused-ring (bicyclic) bond motifs is 2. The third-order valence-electron chi connectivity index (χ3n) is 8.02. The van der Waals surface area contributed by atoms with Gasteiger partial charge in [-0.1, -0.05) is 12.1 Å². The van der Waals surface area contributed by atoms with Crippen LogP contribution in [0.2, 0.25) is 0 Å². The molecule has 0 radical (unpaired) electrons. The highest BCUT2D eigenvalue weighted by molar-refractivity contribution is 5.94. The minimum Gasteiger partial charge on any atom is -0.474 e. The monoisotopic (exact) mass is 653 g/mol. The van der Waals surface area contributed by atoms with Crippen molar-refractivity contribution in [3.63, 3.8) is 0 Å². The van der Waals surface area contributed by atoms with Crippen LogP contribution in [0.4, 0.5) is 32.6 Å². The molecular formula is C36H43N7O5. The van der Waals surface area contributed by atoms with Crippen LogP contribution in [0.1, 0.15) is 47.1 Å². The third-order valence-corrected chi connectivity index (χ3v) is 8.02. The number of nitrogens with one attached hydrogen (secondary N) is 1. The lowest BCUT2D eigenvalue weighted by Crippen LogP contribution is -2.50. The molecule has 0 aliphatic carbocycles. The van der Waals surface area contributed by atoms with Crippen LogP contribution >= 0.6 is 0 Å². The van der Waals surface area contributed by atoms with Crippen LogP contribution in [0.15, 0.2) is 54.9 Å². The largest absolute Gasteiger partial charge is 0.474 e. The van der Waals surface area contributed by atoms with Gasteiger partial charge in [-0.05, 0) is 89.9 Å².